The SMILES string of the molecule is CN1C[C@@]2(CCC(F)(F)[C@](C)(Cn3cnc4ccc(C#N)cc43)C2)OC1=O. The lowest BCUT2D eigenvalue weighted by molar-refractivity contribution is -0.189. The van der Waals surface area contributed by atoms with Crippen molar-refractivity contribution in [3.8, 4) is 6.07 Å². The highest BCUT2D eigenvalue weighted by Gasteiger charge is 2.61. The maximum Gasteiger partial charge on any atom is 0.410 e. The third kappa shape index (κ3) is 2.73. The number of likely N-dealkylation sites (N-methyl/N-ethyl adjacent to an activating group) is 1. The minimum absolute atomic E-state index is 0.0222. The fourth-order valence-corrected chi connectivity index (χ4v) is 4.43. The number of benzene rings is 1. The molecule has 1 amide bonds. The topological polar surface area (TPSA) is 71.2 Å². The molecule has 2 fully saturated rings. The summed E-state index contributed by atoms with van der Waals surface area (Å²) in [6.45, 7) is 1.88. The summed E-state index contributed by atoms with van der Waals surface area (Å²) in [4.78, 5) is 17.6. The summed E-state index contributed by atoms with van der Waals surface area (Å²) in [5, 5.41) is 9.12. The van der Waals surface area contributed by atoms with Crippen molar-refractivity contribution in [2.24, 2.45) is 5.41 Å². The van der Waals surface area contributed by atoms with E-state index in [0.717, 1.165) is 0 Å². The van der Waals surface area contributed by atoms with E-state index in [2.05, 4.69) is 11.1 Å². The van der Waals surface area contributed by atoms with E-state index in [1.165, 1.54) is 11.2 Å². The second-order valence-corrected chi connectivity index (χ2v) is 8.04. The fraction of sp³-hybridized carbons (Fsp3) is 0.526. The van der Waals surface area contributed by atoms with Crippen LogP contribution in [0.25, 0.3) is 11.0 Å². The fourth-order valence-electron chi connectivity index (χ4n) is 4.43. The Kier molecular flexibility index (Phi) is 3.71. The van der Waals surface area contributed by atoms with Crippen molar-refractivity contribution < 1.29 is 18.3 Å². The molecule has 142 valence electrons. The summed E-state index contributed by atoms with van der Waals surface area (Å²) in [7, 11) is 1.62. The maximum absolute atomic E-state index is 15.0. The van der Waals surface area contributed by atoms with Gasteiger partial charge in [-0.3, -0.25) is 0 Å². The van der Waals surface area contributed by atoms with Gasteiger partial charge in [-0.05, 0) is 24.6 Å². The number of amides is 1. The molecule has 2 aliphatic rings. The van der Waals surface area contributed by atoms with Gasteiger partial charge < -0.3 is 14.2 Å². The van der Waals surface area contributed by atoms with Crippen molar-refractivity contribution in [1.29, 1.82) is 5.26 Å². The van der Waals surface area contributed by atoms with Gasteiger partial charge in [-0.15, -0.1) is 0 Å². The average Bonchev–Trinajstić information content (AvgIpc) is 3.12. The van der Waals surface area contributed by atoms with Crippen LogP contribution in [0.15, 0.2) is 24.5 Å². The number of nitriles is 1. The molecule has 1 aromatic carbocycles. The van der Waals surface area contributed by atoms with E-state index in [1.54, 1.807) is 36.7 Å². The molecule has 2 aromatic rings. The van der Waals surface area contributed by atoms with Gasteiger partial charge >= 0.3 is 6.09 Å². The van der Waals surface area contributed by atoms with Crippen molar-refractivity contribution in [1.82, 2.24) is 14.5 Å². The van der Waals surface area contributed by atoms with Crippen molar-refractivity contribution in [3.05, 3.63) is 30.1 Å². The lowest BCUT2D eigenvalue weighted by Crippen LogP contribution is -2.54. The van der Waals surface area contributed by atoms with Crippen LogP contribution < -0.4 is 0 Å². The van der Waals surface area contributed by atoms with Gasteiger partial charge in [0.2, 0.25) is 0 Å². The minimum atomic E-state index is -2.91. The van der Waals surface area contributed by atoms with E-state index in [-0.39, 0.29) is 25.8 Å². The molecule has 0 N–H and O–H groups in total. The molecule has 1 spiro atoms. The van der Waals surface area contributed by atoms with Crippen molar-refractivity contribution in [2.75, 3.05) is 13.6 Å². The second-order valence-electron chi connectivity index (χ2n) is 8.04. The largest absolute Gasteiger partial charge is 0.441 e. The monoisotopic (exact) mass is 374 g/mol. The zero-order valence-corrected chi connectivity index (χ0v) is 15.2. The predicted molar refractivity (Wildman–Crippen MR) is 93.2 cm³/mol. The van der Waals surface area contributed by atoms with E-state index >= 15 is 0 Å². The van der Waals surface area contributed by atoms with Crippen LogP contribution in [0.4, 0.5) is 13.6 Å². The highest BCUT2D eigenvalue weighted by molar-refractivity contribution is 5.77. The summed E-state index contributed by atoms with van der Waals surface area (Å²) < 4.78 is 37.2. The molecule has 0 unspecified atom stereocenters. The highest BCUT2D eigenvalue weighted by Crippen LogP contribution is 2.54. The molecule has 1 aliphatic carbocycles. The molecule has 1 saturated carbocycles. The number of fused-ring (bicyclic) bond motifs is 1. The zero-order chi connectivity index (χ0) is 19.4. The maximum atomic E-state index is 15.0. The average molecular weight is 374 g/mol. The molecule has 1 saturated heterocycles. The molecular formula is C19H20F2N4O2. The Morgan fingerprint density at radius 2 is 2.15 bits per heavy atom. The molecule has 0 radical (unpaired) electrons. The summed E-state index contributed by atoms with van der Waals surface area (Å²) in [5.74, 6) is -2.91. The third-order valence-electron chi connectivity index (χ3n) is 5.90. The van der Waals surface area contributed by atoms with Gasteiger partial charge in [0, 0.05) is 26.4 Å². The Labute approximate surface area is 155 Å². The minimum Gasteiger partial charge on any atom is -0.441 e. The number of alkyl halides is 2. The van der Waals surface area contributed by atoms with Crippen LogP contribution in [0.2, 0.25) is 0 Å². The smallest absolute Gasteiger partial charge is 0.410 e. The van der Waals surface area contributed by atoms with Gasteiger partial charge in [0.1, 0.15) is 5.60 Å². The van der Waals surface area contributed by atoms with Gasteiger partial charge in [-0.1, -0.05) is 6.92 Å². The summed E-state index contributed by atoms with van der Waals surface area (Å²) in [6.07, 6.45) is 0.951. The van der Waals surface area contributed by atoms with Crippen molar-refractivity contribution in [2.45, 2.75) is 44.3 Å². The normalized spacial score (nSPS) is 29.9. The second kappa shape index (κ2) is 5.65. The highest BCUT2D eigenvalue weighted by atomic mass is 19.3. The number of aromatic nitrogens is 2. The van der Waals surface area contributed by atoms with Crippen molar-refractivity contribution in [3.63, 3.8) is 0 Å². The Hall–Kier alpha value is -2.69. The molecule has 27 heavy (non-hydrogen) atoms. The van der Waals surface area contributed by atoms with Crippen LogP contribution in [0.1, 0.15) is 31.7 Å². The molecule has 1 aliphatic heterocycles. The lowest BCUT2D eigenvalue weighted by atomic mass is 9.65. The molecular weight excluding hydrogens is 354 g/mol. The molecule has 2 heterocycles. The van der Waals surface area contributed by atoms with Crippen LogP contribution in [0, 0.1) is 16.7 Å². The number of hydrogen-bond donors (Lipinski definition) is 0. The van der Waals surface area contributed by atoms with Gasteiger partial charge in [0.25, 0.3) is 5.92 Å². The number of imidazole rings is 1. The Morgan fingerprint density at radius 1 is 1.37 bits per heavy atom. The van der Waals surface area contributed by atoms with Gasteiger partial charge in [0.05, 0.1) is 41.0 Å². The standard InChI is InChI=1S/C19H20F2N4O2/c1-17(10-25-12-23-14-4-3-13(8-22)7-15(14)25)9-18(5-6-19(17,20)21)11-24(2)16(26)27-18/h3-4,7,12H,5-6,9-11H2,1-2H3/t17-,18-/m0/s1. The predicted octanol–water partition coefficient (Wildman–Crippen LogP) is 3.55. The summed E-state index contributed by atoms with van der Waals surface area (Å²) in [6, 6.07) is 7.08. The van der Waals surface area contributed by atoms with E-state index in [9.17, 15) is 13.6 Å². The van der Waals surface area contributed by atoms with Crippen LogP contribution in [0.5, 0.6) is 0 Å². The third-order valence-corrected chi connectivity index (χ3v) is 5.90. The van der Waals surface area contributed by atoms with Crippen LogP contribution in [0.3, 0.4) is 0 Å². The van der Waals surface area contributed by atoms with Crippen LogP contribution in [-0.2, 0) is 11.3 Å². The Bertz CT molecular complexity index is 966. The molecule has 0 bridgehead atoms. The lowest BCUT2D eigenvalue weighted by Gasteiger charge is -2.47. The first-order chi connectivity index (χ1) is 12.7. The molecule has 6 nitrogen and oxygen atoms in total. The van der Waals surface area contributed by atoms with Crippen LogP contribution >= 0.6 is 0 Å². The van der Waals surface area contributed by atoms with E-state index in [1.807, 2.05) is 0 Å². The van der Waals surface area contributed by atoms with E-state index < -0.39 is 23.0 Å². The number of halogens is 2. The number of hydrogen-bond acceptors (Lipinski definition) is 4. The van der Waals surface area contributed by atoms with Gasteiger partial charge in [-0.25, -0.2) is 18.6 Å². The first-order valence-corrected chi connectivity index (χ1v) is 8.84. The Balaban J connectivity index is 1.70. The molecule has 4 rings (SSSR count). The number of rotatable bonds is 2. The quantitative estimate of drug-likeness (QED) is 0.806. The number of carbonyl (C=O) groups is 1. The van der Waals surface area contributed by atoms with Crippen LogP contribution in [-0.4, -0.2) is 45.7 Å². The molecule has 1 aromatic heterocycles. The number of carbonyl (C=O) groups excluding carboxylic acids is 1. The zero-order valence-electron chi connectivity index (χ0n) is 15.2. The first kappa shape index (κ1) is 17.7. The van der Waals surface area contributed by atoms with Gasteiger partial charge in [0.15, 0.2) is 0 Å². The number of nitrogens with zero attached hydrogens (tertiary/aromatic N) is 4. The first-order valence-electron chi connectivity index (χ1n) is 8.84. The van der Waals surface area contributed by atoms with Crippen molar-refractivity contribution >= 4 is 17.1 Å². The Morgan fingerprint density at radius 3 is 2.81 bits per heavy atom. The molecule has 8 heteroatoms. The number of ether oxygens (including phenoxy) is 1. The van der Waals surface area contributed by atoms with E-state index in [4.69, 9.17) is 10.00 Å². The van der Waals surface area contributed by atoms with E-state index in [0.29, 0.717) is 23.1 Å². The van der Waals surface area contributed by atoms with Gasteiger partial charge in [-0.2, -0.15) is 5.26 Å². The summed E-state index contributed by atoms with van der Waals surface area (Å²) in [5.41, 5.74) is -0.541. The molecule has 2 atom stereocenters. The summed E-state index contributed by atoms with van der Waals surface area (Å²) >= 11 is 0.